The molecular weight excluding hydrogens is 466 g/mol. The molecule has 186 valence electrons. The van der Waals surface area contributed by atoms with E-state index in [1.165, 1.54) is 13.2 Å². The Morgan fingerprint density at radius 1 is 0.806 bits per heavy atom. The molecule has 0 aromatic heterocycles. The lowest BCUT2D eigenvalue weighted by Crippen LogP contribution is -2.34. The molecule has 8 heteroatoms. The van der Waals surface area contributed by atoms with E-state index >= 15 is 0 Å². The van der Waals surface area contributed by atoms with Crippen LogP contribution in [0.2, 0.25) is 0 Å². The third-order valence-electron chi connectivity index (χ3n) is 6.42. The van der Waals surface area contributed by atoms with Gasteiger partial charge in [0.15, 0.2) is 17.4 Å². The molecule has 0 radical (unpaired) electrons. The van der Waals surface area contributed by atoms with Gasteiger partial charge in [0.1, 0.15) is 11.4 Å². The Kier molecular flexibility index (Phi) is 7.17. The lowest BCUT2D eigenvalue weighted by atomic mass is 9.94. The molecule has 0 aliphatic rings. The smallest absolute Gasteiger partial charge is 0.272 e. The number of methoxy groups -OCH3 is 2. The quantitative estimate of drug-likeness (QED) is 0.328. The van der Waals surface area contributed by atoms with Gasteiger partial charge < -0.3 is 14.8 Å². The topological polar surface area (TPSA) is 67.9 Å². The van der Waals surface area contributed by atoms with Gasteiger partial charge in [-0.1, -0.05) is 30.3 Å². The van der Waals surface area contributed by atoms with Crippen LogP contribution in [0.5, 0.6) is 11.5 Å². The number of hydrogen-bond acceptors (Lipinski definition) is 6. The standard InChI is InChI=1S/C28H26F2N2O4/c1-16(18-10-13-22(29)23(30)15-18)32(2)25(17-8-11-21(35-3)12-9-17)19-6-5-7-20(14-19)31-24-26(33)27(34)28(24)36-4/h5-16,25,31H,1-4H3. The highest BCUT2D eigenvalue weighted by atomic mass is 19.2. The van der Waals surface area contributed by atoms with Gasteiger partial charge in [-0.25, -0.2) is 8.78 Å². The first-order valence-electron chi connectivity index (χ1n) is 11.3. The summed E-state index contributed by atoms with van der Waals surface area (Å²) in [6.45, 7) is 1.92. The monoisotopic (exact) mass is 492 g/mol. The molecule has 0 spiro atoms. The Balaban J connectivity index is 1.73. The van der Waals surface area contributed by atoms with Crippen molar-refractivity contribution in [3.63, 3.8) is 0 Å². The second-order valence-corrected chi connectivity index (χ2v) is 8.51. The maximum absolute atomic E-state index is 14.0. The third kappa shape index (κ3) is 4.72. The average molecular weight is 493 g/mol. The first-order valence-corrected chi connectivity index (χ1v) is 11.3. The Bertz CT molecular complexity index is 1450. The van der Waals surface area contributed by atoms with E-state index in [1.54, 1.807) is 19.2 Å². The minimum absolute atomic E-state index is 0.00110. The Morgan fingerprint density at radius 3 is 2.14 bits per heavy atom. The second kappa shape index (κ2) is 10.3. The third-order valence-corrected chi connectivity index (χ3v) is 6.42. The van der Waals surface area contributed by atoms with Crippen LogP contribution >= 0.6 is 0 Å². The highest BCUT2D eigenvalue weighted by molar-refractivity contribution is 5.70. The largest absolute Gasteiger partial charge is 0.497 e. The molecular formula is C28H26F2N2O4. The molecule has 0 saturated heterocycles. The Hall–Kier alpha value is -4.04. The van der Waals surface area contributed by atoms with E-state index < -0.39 is 22.5 Å². The summed E-state index contributed by atoms with van der Waals surface area (Å²) >= 11 is 0. The van der Waals surface area contributed by atoms with Crippen molar-refractivity contribution in [3.8, 4) is 11.5 Å². The van der Waals surface area contributed by atoms with Crippen molar-refractivity contribution in [2.45, 2.75) is 19.0 Å². The Labute approximate surface area is 207 Å². The van der Waals surface area contributed by atoms with Crippen LogP contribution in [0.15, 0.2) is 76.3 Å². The van der Waals surface area contributed by atoms with Crippen LogP contribution < -0.4 is 25.6 Å². The fourth-order valence-corrected chi connectivity index (χ4v) is 4.29. The van der Waals surface area contributed by atoms with E-state index in [9.17, 15) is 18.4 Å². The van der Waals surface area contributed by atoms with Crippen LogP contribution in [0.3, 0.4) is 0 Å². The molecule has 0 heterocycles. The summed E-state index contributed by atoms with van der Waals surface area (Å²) in [5, 5.41) is 2.99. The van der Waals surface area contributed by atoms with Crippen LogP contribution in [-0.4, -0.2) is 26.2 Å². The summed E-state index contributed by atoms with van der Waals surface area (Å²) in [5.41, 5.74) is 1.86. The minimum atomic E-state index is -0.901. The van der Waals surface area contributed by atoms with E-state index in [0.29, 0.717) is 17.0 Å². The van der Waals surface area contributed by atoms with E-state index in [1.807, 2.05) is 61.3 Å². The molecule has 36 heavy (non-hydrogen) atoms. The number of ether oxygens (including phenoxy) is 2. The van der Waals surface area contributed by atoms with Crippen molar-refractivity contribution in [2.75, 3.05) is 26.6 Å². The number of anilines is 2. The van der Waals surface area contributed by atoms with Crippen molar-refractivity contribution < 1.29 is 18.3 Å². The molecule has 0 amide bonds. The maximum atomic E-state index is 14.0. The molecule has 0 bridgehead atoms. The Morgan fingerprint density at radius 2 is 1.50 bits per heavy atom. The molecule has 2 unspecified atom stereocenters. The summed E-state index contributed by atoms with van der Waals surface area (Å²) in [7, 11) is 4.83. The van der Waals surface area contributed by atoms with Gasteiger partial charge in [0.05, 0.1) is 20.3 Å². The lowest BCUT2D eigenvalue weighted by molar-refractivity contribution is 0.213. The summed E-state index contributed by atoms with van der Waals surface area (Å²) < 4.78 is 37.9. The predicted molar refractivity (Wildman–Crippen MR) is 135 cm³/mol. The molecule has 0 aliphatic heterocycles. The summed E-state index contributed by atoms with van der Waals surface area (Å²) in [4.78, 5) is 25.8. The normalized spacial score (nSPS) is 13.0. The summed E-state index contributed by atoms with van der Waals surface area (Å²) in [6.07, 6.45) is 0. The van der Waals surface area contributed by atoms with Crippen molar-refractivity contribution in [1.82, 2.24) is 4.90 Å². The SMILES string of the molecule is COc1ccc(C(c2cccc(Nc3c(OC)c(=O)c3=O)c2)N(C)C(C)c2ccc(F)c(F)c2)cc1. The molecule has 2 atom stereocenters. The average Bonchev–Trinajstić information content (AvgIpc) is 2.90. The van der Waals surface area contributed by atoms with Gasteiger partial charge >= 0.3 is 0 Å². The zero-order valence-electron chi connectivity index (χ0n) is 20.3. The summed E-state index contributed by atoms with van der Waals surface area (Å²) in [6, 6.07) is 18.4. The van der Waals surface area contributed by atoms with Gasteiger partial charge in [0.25, 0.3) is 10.9 Å². The van der Waals surface area contributed by atoms with E-state index in [2.05, 4.69) is 5.32 Å². The number of nitrogens with zero attached hydrogens (tertiary/aromatic N) is 1. The zero-order valence-corrected chi connectivity index (χ0v) is 20.3. The number of benzene rings is 3. The first-order chi connectivity index (χ1) is 17.2. The van der Waals surface area contributed by atoms with Gasteiger partial charge in [-0.3, -0.25) is 14.5 Å². The molecule has 6 nitrogen and oxygen atoms in total. The molecule has 4 rings (SSSR count). The van der Waals surface area contributed by atoms with E-state index in [0.717, 1.165) is 17.2 Å². The van der Waals surface area contributed by atoms with E-state index in [-0.39, 0.29) is 23.5 Å². The van der Waals surface area contributed by atoms with Gasteiger partial charge in [-0.05, 0) is 67.1 Å². The number of rotatable bonds is 9. The van der Waals surface area contributed by atoms with E-state index in [4.69, 9.17) is 9.47 Å². The molecule has 1 N–H and O–H groups in total. The number of hydrogen-bond donors (Lipinski definition) is 1. The van der Waals surface area contributed by atoms with Gasteiger partial charge in [-0.15, -0.1) is 0 Å². The predicted octanol–water partition coefficient (Wildman–Crippen LogP) is 5.10. The fourth-order valence-electron chi connectivity index (χ4n) is 4.29. The van der Waals surface area contributed by atoms with Crippen molar-refractivity contribution >= 4 is 11.4 Å². The van der Waals surface area contributed by atoms with Crippen molar-refractivity contribution in [3.05, 3.63) is 116 Å². The minimum Gasteiger partial charge on any atom is -0.497 e. The first kappa shape index (κ1) is 25.1. The van der Waals surface area contributed by atoms with Crippen LogP contribution in [-0.2, 0) is 0 Å². The molecule has 0 saturated carbocycles. The zero-order chi connectivity index (χ0) is 26.0. The van der Waals surface area contributed by atoms with Gasteiger partial charge in [0, 0.05) is 11.7 Å². The van der Waals surface area contributed by atoms with Crippen LogP contribution in [0.4, 0.5) is 20.2 Å². The molecule has 4 aromatic rings. The van der Waals surface area contributed by atoms with Gasteiger partial charge in [-0.2, -0.15) is 0 Å². The highest BCUT2D eigenvalue weighted by Gasteiger charge is 2.26. The second-order valence-electron chi connectivity index (χ2n) is 8.51. The van der Waals surface area contributed by atoms with Gasteiger partial charge in [0.2, 0.25) is 0 Å². The number of halogens is 2. The maximum Gasteiger partial charge on any atom is 0.272 e. The molecule has 4 aromatic carbocycles. The van der Waals surface area contributed by atoms with Crippen LogP contribution in [0.1, 0.15) is 35.7 Å². The highest BCUT2D eigenvalue weighted by Crippen LogP contribution is 2.36. The number of nitrogens with one attached hydrogen (secondary N) is 1. The van der Waals surface area contributed by atoms with Crippen molar-refractivity contribution in [2.24, 2.45) is 0 Å². The lowest BCUT2D eigenvalue weighted by Gasteiger charge is -2.34. The molecule has 0 aliphatic carbocycles. The molecule has 0 fully saturated rings. The fraction of sp³-hybridized carbons (Fsp3) is 0.214. The van der Waals surface area contributed by atoms with Crippen LogP contribution in [0.25, 0.3) is 0 Å². The summed E-state index contributed by atoms with van der Waals surface area (Å²) in [5.74, 6) is -1.09. The van der Waals surface area contributed by atoms with Crippen molar-refractivity contribution in [1.29, 1.82) is 0 Å². The van der Waals surface area contributed by atoms with Crippen LogP contribution in [0, 0.1) is 11.6 Å².